The molecular formula is C18H16O5. The van der Waals surface area contributed by atoms with Crippen LogP contribution in [0.15, 0.2) is 51.7 Å². The highest BCUT2D eigenvalue weighted by Gasteiger charge is 2.13. The summed E-state index contributed by atoms with van der Waals surface area (Å²) >= 11 is 0. The minimum atomic E-state index is -0.123. The standard InChI is InChI=1S/C18H16O5/c1-20-11-5-7-14(16(8-11)22-3)18-10-15(19)13-6-4-12(21-2)9-17(13)23-18/h4-10H,1-3H3. The van der Waals surface area contributed by atoms with Crippen molar-refractivity contribution in [1.82, 2.24) is 0 Å². The van der Waals surface area contributed by atoms with Crippen LogP contribution in [0.3, 0.4) is 0 Å². The molecule has 0 aliphatic rings. The summed E-state index contributed by atoms with van der Waals surface area (Å²) in [6.07, 6.45) is 0. The van der Waals surface area contributed by atoms with Crippen LogP contribution in [0.2, 0.25) is 0 Å². The van der Waals surface area contributed by atoms with Gasteiger partial charge in [-0.2, -0.15) is 0 Å². The zero-order chi connectivity index (χ0) is 16.4. The van der Waals surface area contributed by atoms with E-state index in [4.69, 9.17) is 18.6 Å². The predicted octanol–water partition coefficient (Wildman–Crippen LogP) is 3.49. The van der Waals surface area contributed by atoms with Gasteiger partial charge in [0.1, 0.15) is 28.6 Å². The van der Waals surface area contributed by atoms with Gasteiger partial charge < -0.3 is 18.6 Å². The zero-order valence-corrected chi connectivity index (χ0v) is 13.1. The van der Waals surface area contributed by atoms with Crippen molar-refractivity contribution in [2.75, 3.05) is 21.3 Å². The topological polar surface area (TPSA) is 57.9 Å². The number of hydrogen-bond donors (Lipinski definition) is 0. The van der Waals surface area contributed by atoms with Crippen molar-refractivity contribution in [3.05, 3.63) is 52.7 Å². The van der Waals surface area contributed by atoms with Crippen LogP contribution < -0.4 is 19.6 Å². The van der Waals surface area contributed by atoms with Gasteiger partial charge in [-0.3, -0.25) is 4.79 Å². The van der Waals surface area contributed by atoms with E-state index in [0.29, 0.717) is 39.5 Å². The van der Waals surface area contributed by atoms with Gasteiger partial charge in [-0.05, 0) is 24.3 Å². The Bertz CT molecular complexity index is 911. The Labute approximate surface area is 133 Å². The number of rotatable bonds is 4. The molecule has 0 bridgehead atoms. The molecular weight excluding hydrogens is 296 g/mol. The average molecular weight is 312 g/mol. The highest BCUT2D eigenvalue weighted by Crippen LogP contribution is 2.34. The normalized spacial score (nSPS) is 10.6. The second-order valence-corrected chi connectivity index (χ2v) is 4.90. The number of fused-ring (bicyclic) bond motifs is 1. The van der Waals surface area contributed by atoms with E-state index in [9.17, 15) is 4.79 Å². The van der Waals surface area contributed by atoms with Gasteiger partial charge in [0.15, 0.2) is 5.43 Å². The van der Waals surface area contributed by atoms with Gasteiger partial charge in [0.05, 0.1) is 32.3 Å². The lowest BCUT2D eigenvalue weighted by Crippen LogP contribution is -2.01. The molecule has 23 heavy (non-hydrogen) atoms. The molecule has 0 atom stereocenters. The van der Waals surface area contributed by atoms with Crippen LogP contribution in [0.25, 0.3) is 22.3 Å². The Balaban J connectivity index is 2.22. The molecule has 1 aromatic heterocycles. The molecule has 0 saturated carbocycles. The third kappa shape index (κ3) is 2.73. The van der Waals surface area contributed by atoms with Crippen LogP contribution in [0.4, 0.5) is 0 Å². The monoisotopic (exact) mass is 312 g/mol. The van der Waals surface area contributed by atoms with E-state index >= 15 is 0 Å². The first kappa shape index (κ1) is 15.0. The molecule has 1 heterocycles. The van der Waals surface area contributed by atoms with Gasteiger partial charge in [0.25, 0.3) is 0 Å². The highest BCUT2D eigenvalue weighted by atomic mass is 16.5. The molecule has 0 unspecified atom stereocenters. The quantitative estimate of drug-likeness (QED) is 0.738. The summed E-state index contributed by atoms with van der Waals surface area (Å²) in [5, 5.41) is 0.502. The van der Waals surface area contributed by atoms with Crippen molar-refractivity contribution in [2.45, 2.75) is 0 Å². The molecule has 0 aliphatic carbocycles. The van der Waals surface area contributed by atoms with E-state index in [0.717, 1.165) is 0 Å². The molecule has 3 aromatic rings. The minimum Gasteiger partial charge on any atom is -0.497 e. The summed E-state index contributed by atoms with van der Waals surface area (Å²) in [6, 6.07) is 11.9. The second-order valence-electron chi connectivity index (χ2n) is 4.90. The molecule has 0 saturated heterocycles. The van der Waals surface area contributed by atoms with Gasteiger partial charge in [0.2, 0.25) is 0 Å². The maximum absolute atomic E-state index is 12.3. The molecule has 2 aromatic carbocycles. The number of benzene rings is 2. The zero-order valence-electron chi connectivity index (χ0n) is 13.1. The lowest BCUT2D eigenvalue weighted by Gasteiger charge is -2.10. The van der Waals surface area contributed by atoms with E-state index in [1.807, 2.05) is 0 Å². The summed E-state index contributed by atoms with van der Waals surface area (Å²) in [6.45, 7) is 0. The fourth-order valence-electron chi connectivity index (χ4n) is 2.40. The molecule has 5 heteroatoms. The van der Waals surface area contributed by atoms with Crippen LogP contribution >= 0.6 is 0 Å². The fraction of sp³-hybridized carbons (Fsp3) is 0.167. The molecule has 118 valence electrons. The van der Waals surface area contributed by atoms with Crippen molar-refractivity contribution in [1.29, 1.82) is 0 Å². The van der Waals surface area contributed by atoms with Crippen LogP contribution in [0, 0.1) is 0 Å². The number of ether oxygens (including phenoxy) is 3. The second kappa shape index (κ2) is 6.04. The van der Waals surface area contributed by atoms with E-state index in [2.05, 4.69) is 0 Å². The van der Waals surface area contributed by atoms with Crippen molar-refractivity contribution in [3.63, 3.8) is 0 Å². The van der Waals surface area contributed by atoms with E-state index in [1.165, 1.54) is 6.07 Å². The summed E-state index contributed by atoms with van der Waals surface area (Å²) in [7, 11) is 4.70. The van der Waals surface area contributed by atoms with Gasteiger partial charge in [-0.25, -0.2) is 0 Å². The largest absolute Gasteiger partial charge is 0.497 e. The van der Waals surface area contributed by atoms with Crippen molar-refractivity contribution < 1.29 is 18.6 Å². The minimum absolute atomic E-state index is 0.123. The molecule has 0 aliphatic heterocycles. The molecule has 3 rings (SSSR count). The Morgan fingerprint density at radius 1 is 0.826 bits per heavy atom. The average Bonchev–Trinajstić information content (AvgIpc) is 2.60. The van der Waals surface area contributed by atoms with Crippen LogP contribution in [-0.2, 0) is 0 Å². The third-order valence-electron chi connectivity index (χ3n) is 3.61. The van der Waals surface area contributed by atoms with Crippen LogP contribution in [0.5, 0.6) is 17.2 Å². The molecule has 0 fully saturated rings. The first-order valence-electron chi connectivity index (χ1n) is 7.00. The molecule has 0 spiro atoms. The maximum atomic E-state index is 12.3. The van der Waals surface area contributed by atoms with Gasteiger partial charge >= 0.3 is 0 Å². The van der Waals surface area contributed by atoms with E-state index in [-0.39, 0.29) is 5.43 Å². The van der Waals surface area contributed by atoms with Crippen molar-refractivity contribution in [2.24, 2.45) is 0 Å². The third-order valence-corrected chi connectivity index (χ3v) is 3.61. The first-order chi connectivity index (χ1) is 11.2. The summed E-state index contributed by atoms with van der Waals surface area (Å²) < 4.78 is 21.6. The predicted molar refractivity (Wildman–Crippen MR) is 87.6 cm³/mol. The summed E-state index contributed by atoms with van der Waals surface area (Å²) in [5.41, 5.74) is 1.02. The molecule has 5 nitrogen and oxygen atoms in total. The summed E-state index contributed by atoms with van der Waals surface area (Å²) in [5.74, 6) is 2.28. The van der Waals surface area contributed by atoms with Gasteiger partial charge in [-0.1, -0.05) is 0 Å². The lowest BCUT2D eigenvalue weighted by molar-refractivity contribution is 0.394. The van der Waals surface area contributed by atoms with Crippen LogP contribution in [-0.4, -0.2) is 21.3 Å². The van der Waals surface area contributed by atoms with Gasteiger partial charge in [0, 0.05) is 18.2 Å². The molecule has 0 radical (unpaired) electrons. The molecule has 0 N–H and O–H groups in total. The number of methoxy groups -OCH3 is 3. The first-order valence-corrected chi connectivity index (χ1v) is 7.00. The van der Waals surface area contributed by atoms with Crippen molar-refractivity contribution in [3.8, 4) is 28.6 Å². The summed E-state index contributed by atoms with van der Waals surface area (Å²) in [4.78, 5) is 12.3. The smallest absolute Gasteiger partial charge is 0.193 e. The Kier molecular flexibility index (Phi) is 3.93. The van der Waals surface area contributed by atoms with Gasteiger partial charge in [-0.15, -0.1) is 0 Å². The SMILES string of the molecule is COc1ccc(-c2cc(=O)c3ccc(OC)cc3o2)c(OC)c1. The van der Waals surface area contributed by atoms with E-state index in [1.54, 1.807) is 57.7 Å². The van der Waals surface area contributed by atoms with E-state index < -0.39 is 0 Å². The Morgan fingerprint density at radius 3 is 2.22 bits per heavy atom. The fourth-order valence-corrected chi connectivity index (χ4v) is 2.40. The Morgan fingerprint density at radius 2 is 1.52 bits per heavy atom. The lowest BCUT2D eigenvalue weighted by atomic mass is 10.1. The Hall–Kier alpha value is -2.95. The van der Waals surface area contributed by atoms with Crippen LogP contribution in [0.1, 0.15) is 0 Å². The number of hydrogen-bond acceptors (Lipinski definition) is 5. The highest BCUT2D eigenvalue weighted by molar-refractivity contribution is 5.81. The van der Waals surface area contributed by atoms with Crippen molar-refractivity contribution >= 4 is 11.0 Å². The molecule has 0 amide bonds. The maximum Gasteiger partial charge on any atom is 0.193 e.